The van der Waals surface area contributed by atoms with Crippen LogP contribution in [0.1, 0.15) is 49.7 Å². The first-order chi connectivity index (χ1) is 10.9. The molecule has 1 spiro atoms. The van der Waals surface area contributed by atoms with Gasteiger partial charge in [-0.05, 0) is 41.7 Å². The molecule has 1 fully saturated rings. The molecular formula is C19H26N2O2. The van der Waals surface area contributed by atoms with E-state index in [1.807, 2.05) is 19.0 Å². The Bertz CT molecular complexity index is 616. The molecule has 1 aromatic rings. The van der Waals surface area contributed by atoms with Crippen molar-refractivity contribution in [1.82, 2.24) is 9.80 Å². The van der Waals surface area contributed by atoms with Gasteiger partial charge in [0.2, 0.25) is 11.8 Å². The number of benzene rings is 1. The predicted octanol–water partition coefficient (Wildman–Crippen LogP) is 2.53. The average molecular weight is 314 g/mol. The fourth-order valence-electron chi connectivity index (χ4n) is 4.33. The van der Waals surface area contributed by atoms with Gasteiger partial charge in [-0.25, -0.2) is 0 Å². The second kappa shape index (κ2) is 5.99. The molecule has 1 saturated heterocycles. The highest BCUT2D eigenvalue weighted by Gasteiger charge is 2.45. The van der Waals surface area contributed by atoms with Crippen molar-refractivity contribution in [3.8, 4) is 0 Å². The highest BCUT2D eigenvalue weighted by Crippen LogP contribution is 2.52. The topological polar surface area (TPSA) is 40.6 Å². The molecule has 0 bridgehead atoms. The quantitative estimate of drug-likeness (QED) is 0.841. The van der Waals surface area contributed by atoms with Gasteiger partial charge in [0.25, 0.3) is 0 Å². The van der Waals surface area contributed by atoms with Crippen molar-refractivity contribution in [3.05, 3.63) is 35.4 Å². The van der Waals surface area contributed by atoms with E-state index in [4.69, 9.17) is 0 Å². The minimum atomic E-state index is 0.153. The van der Waals surface area contributed by atoms with Crippen LogP contribution in [-0.4, -0.2) is 48.8 Å². The number of fused-ring (bicyclic) bond motifs is 2. The van der Waals surface area contributed by atoms with E-state index in [1.165, 1.54) is 11.1 Å². The summed E-state index contributed by atoms with van der Waals surface area (Å²) >= 11 is 0. The molecule has 0 aromatic heterocycles. The van der Waals surface area contributed by atoms with Crippen LogP contribution in [0.5, 0.6) is 0 Å². The fourth-order valence-corrected chi connectivity index (χ4v) is 4.33. The van der Waals surface area contributed by atoms with Crippen molar-refractivity contribution in [3.63, 3.8) is 0 Å². The summed E-state index contributed by atoms with van der Waals surface area (Å²) in [4.78, 5) is 27.4. The number of amides is 2. The van der Waals surface area contributed by atoms with Crippen LogP contribution in [0, 0.1) is 0 Å². The summed E-state index contributed by atoms with van der Waals surface area (Å²) in [5.41, 5.74) is 2.92. The first-order valence-electron chi connectivity index (χ1n) is 8.48. The third-order valence-corrected chi connectivity index (χ3v) is 5.69. The summed E-state index contributed by atoms with van der Waals surface area (Å²) in [5, 5.41) is 0. The van der Waals surface area contributed by atoms with E-state index in [1.54, 1.807) is 11.8 Å². The Morgan fingerprint density at radius 2 is 1.87 bits per heavy atom. The Morgan fingerprint density at radius 1 is 1.22 bits per heavy atom. The zero-order valence-corrected chi connectivity index (χ0v) is 14.3. The molecule has 23 heavy (non-hydrogen) atoms. The molecule has 1 heterocycles. The lowest BCUT2D eigenvalue weighted by atomic mass is 9.73. The van der Waals surface area contributed by atoms with Crippen LogP contribution in [0.25, 0.3) is 0 Å². The lowest BCUT2D eigenvalue weighted by molar-refractivity contribution is -0.130. The van der Waals surface area contributed by atoms with Crippen molar-refractivity contribution in [2.24, 2.45) is 0 Å². The third kappa shape index (κ3) is 2.87. The minimum Gasteiger partial charge on any atom is -0.349 e. The number of nitrogens with zero attached hydrogens (tertiary/aromatic N) is 2. The molecule has 1 aliphatic heterocycles. The molecule has 124 valence electrons. The molecule has 2 amide bonds. The molecule has 1 aliphatic carbocycles. The predicted molar refractivity (Wildman–Crippen MR) is 90.3 cm³/mol. The zero-order chi connectivity index (χ0) is 16.6. The minimum absolute atomic E-state index is 0.153. The standard InChI is InChI=1S/C19H26N2O2/c1-14(22)21-10-8-19(9-11-21)13-15(12-18(23)20(2)3)16-6-4-5-7-17(16)19/h4-7,15H,8-13H2,1-3H3. The summed E-state index contributed by atoms with van der Waals surface area (Å²) < 4.78 is 0. The highest BCUT2D eigenvalue weighted by atomic mass is 16.2. The maximum absolute atomic E-state index is 12.2. The lowest BCUT2D eigenvalue weighted by Crippen LogP contribution is -2.43. The Kier molecular flexibility index (Phi) is 4.17. The Morgan fingerprint density at radius 3 is 2.48 bits per heavy atom. The van der Waals surface area contributed by atoms with Crippen LogP contribution in [0.15, 0.2) is 24.3 Å². The highest BCUT2D eigenvalue weighted by molar-refractivity contribution is 5.77. The van der Waals surface area contributed by atoms with Gasteiger partial charge in [0.15, 0.2) is 0 Å². The summed E-state index contributed by atoms with van der Waals surface area (Å²) in [7, 11) is 3.65. The SMILES string of the molecule is CC(=O)N1CCC2(CC1)CC(CC(=O)N(C)C)c1ccccc12. The number of piperidine rings is 1. The number of hydrogen-bond acceptors (Lipinski definition) is 2. The molecule has 0 radical (unpaired) electrons. The monoisotopic (exact) mass is 314 g/mol. The van der Waals surface area contributed by atoms with Gasteiger partial charge >= 0.3 is 0 Å². The largest absolute Gasteiger partial charge is 0.349 e. The summed E-state index contributed by atoms with van der Waals surface area (Å²) in [6.45, 7) is 3.31. The first kappa shape index (κ1) is 16.0. The number of hydrogen-bond donors (Lipinski definition) is 0. The number of rotatable bonds is 2. The van der Waals surface area contributed by atoms with Gasteiger partial charge in [0, 0.05) is 40.5 Å². The molecule has 2 aliphatic rings. The molecule has 1 unspecified atom stereocenters. The normalized spacial score (nSPS) is 22.0. The smallest absolute Gasteiger partial charge is 0.222 e. The summed E-state index contributed by atoms with van der Waals surface area (Å²) in [6, 6.07) is 8.61. The molecule has 1 aromatic carbocycles. The van der Waals surface area contributed by atoms with Crippen LogP contribution < -0.4 is 0 Å². The Labute approximate surface area is 138 Å². The first-order valence-corrected chi connectivity index (χ1v) is 8.48. The van der Waals surface area contributed by atoms with Crippen molar-refractivity contribution < 1.29 is 9.59 Å². The van der Waals surface area contributed by atoms with E-state index < -0.39 is 0 Å². The number of carbonyl (C=O) groups is 2. The second-order valence-electron chi connectivity index (χ2n) is 7.27. The van der Waals surface area contributed by atoms with E-state index in [-0.39, 0.29) is 17.2 Å². The second-order valence-corrected chi connectivity index (χ2v) is 7.27. The molecular weight excluding hydrogens is 288 g/mol. The van der Waals surface area contributed by atoms with Crippen molar-refractivity contribution in [2.45, 2.75) is 43.9 Å². The van der Waals surface area contributed by atoms with E-state index in [2.05, 4.69) is 24.3 Å². The van der Waals surface area contributed by atoms with Gasteiger partial charge < -0.3 is 9.80 Å². The molecule has 4 nitrogen and oxygen atoms in total. The summed E-state index contributed by atoms with van der Waals surface area (Å²) in [5.74, 6) is 0.679. The molecule has 0 N–H and O–H groups in total. The Hall–Kier alpha value is -1.84. The lowest BCUT2D eigenvalue weighted by Gasteiger charge is -2.40. The van der Waals surface area contributed by atoms with Crippen LogP contribution in [-0.2, 0) is 15.0 Å². The molecule has 3 rings (SSSR count). The molecule has 0 saturated carbocycles. The maximum Gasteiger partial charge on any atom is 0.222 e. The van der Waals surface area contributed by atoms with Crippen molar-refractivity contribution in [2.75, 3.05) is 27.2 Å². The van der Waals surface area contributed by atoms with Crippen LogP contribution >= 0.6 is 0 Å². The van der Waals surface area contributed by atoms with Gasteiger partial charge in [-0.3, -0.25) is 9.59 Å². The van der Waals surface area contributed by atoms with Gasteiger partial charge in [0.1, 0.15) is 0 Å². The van der Waals surface area contributed by atoms with E-state index in [9.17, 15) is 9.59 Å². The van der Waals surface area contributed by atoms with Gasteiger partial charge in [0.05, 0.1) is 0 Å². The van der Waals surface area contributed by atoms with Gasteiger partial charge in [-0.15, -0.1) is 0 Å². The van der Waals surface area contributed by atoms with Crippen LogP contribution in [0.4, 0.5) is 0 Å². The number of carbonyl (C=O) groups excluding carboxylic acids is 2. The Balaban J connectivity index is 1.84. The van der Waals surface area contributed by atoms with Crippen LogP contribution in [0.3, 0.4) is 0 Å². The van der Waals surface area contributed by atoms with Gasteiger partial charge in [-0.2, -0.15) is 0 Å². The summed E-state index contributed by atoms with van der Waals surface area (Å²) in [6.07, 6.45) is 3.65. The van der Waals surface area contributed by atoms with E-state index in [0.717, 1.165) is 32.4 Å². The van der Waals surface area contributed by atoms with Crippen molar-refractivity contribution in [1.29, 1.82) is 0 Å². The maximum atomic E-state index is 12.2. The van der Waals surface area contributed by atoms with Crippen molar-refractivity contribution >= 4 is 11.8 Å². The molecule has 1 atom stereocenters. The fraction of sp³-hybridized carbons (Fsp3) is 0.579. The zero-order valence-electron chi connectivity index (χ0n) is 14.3. The number of likely N-dealkylation sites (tertiary alicyclic amines) is 1. The van der Waals surface area contributed by atoms with E-state index in [0.29, 0.717) is 12.3 Å². The van der Waals surface area contributed by atoms with E-state index >= 15 is 0 Å². The molecule has 4 heteroatoms. The third-order valence-electron chi connectivity index (χ3n) is 5.69. The van der Waals surface area contributed by atoms with Crippen LogP contribution in [0.2, 0.25) is 0 Å². The average Bonchev–Trinajstić information content (AvgIpc) is 2.82. The van der Waals surface area contributed by atoms with Gasteiger partial charge in [-0.1, -0.05) is 24.3 Å².